The molecule has 1 heterocycles. The van der Waals surface area contributed by atoms with E-state index in [1.807, 2.05) is 76.2 Å². The largest absolute Gasteiger partial charge is 0.494 e. The lowest BCUT2D eigenvalue weighted by atomic mass is 9.79. The van der Waals surface area contributed by atoms with Crippen LogP contribution in [0, 0.1) is 0 Å². The molecule has 0 aliphatic carbocycles. The Kier molecular flexibility index (Phi) is 5.68. The fourth-order valence-corrected chi connectivity index (χ4v) is 3.18. The van der Waals surface area contributed by atoms with Crippen LogP contribution in [0.2, 0.25) is 0 Å². The minimum atomic E-state index is -0.370. The molecule has 1 aliphatic rings. The molecule has 1 N–H and O–H groups in total. The van der Waals surface area contributed by atoms with Crippen molar-refractivity contribution in [1.29, 1.82) is 0 Å². The summed E-state index contributed by atoms with van der Waals surface area (Å²) >= 11 is 0. The summed E-state index contributed by atoms with van der Waals surface area (Å²) in [5, 5.41) is 2.99. The third kappa shape index (κ3) is 4.73. The number of amides is 1. The second-order valence-electron chi connectivity index (χ2n) is 9.84. The van der Waals surface area contributed by atoms with Gasteiger partial charge in [-0.15, -0.1) is 0 Å². The van der Waals surface area contributed by atoms with Gasteiger partial charge in [0.1, 0.15) is 0 Å². The summed E-state index contributed by atoms with van der Waals surface area (Å²) in [6.45, 7) is 15.1. The lowest BCUT2D eigenvalue weighted by molar-refractivity contribution is 0.00578. The van der Waals surface area contributed by atoms with Crippen LogP contribution in [0.15, 0.2) is 48.5 Å². The van der Waals surface area contributed by atoms with Gasteiger partial charge in [-0.3, -0.25) is 4.79 Å². The van der Waals surface area contributed by atoms with Gasteiger partial charge in [0.2, 0.25) is 0 Å². The molecule has 1 amide bonds. The maximum absolute atomic E-state index is 12.4. The number of hydrogen-bond acceptors (Lipinski definition) is 3. The predicted octanol–water partition coefficient (Wildman–Crippen LogP) is 4.21. The van der Waals surface area contributed by atoms with E-state index in [0.29, 0.717) is 12.1 Å². The topological polar surface area (TPSA) is 47.6 Å². The Hall–Kier alpha value is -2.11. The first-order chi connectivity index (χ1) is 13.4. The second kappa shape index (κ2) is 7.62. The van der Waals surface area contributed by atoms with Gasteiger partial charge in [0.05, 0.1) is 11.2 Å². The molecule has 1 aliphatic heterocycles. The van der Waals surface area contributed by atoms with Gasteiger partial charge in [0.25, 0.3) is 5.91 Å². The summed E-state index contributed by atoms with van der Waals surface area (Å²) in [5.41, 5.74) is 3.27. The Morgan fingerprint density at radius 3 is 1.90 bits per heavy atom. The molecule has 154 valence electrons. The van der Waals surface area contributed by atoms with Gasteiger partial charge in [0.15, 0.2) is 0 Å². The smallest absolute Gasteiger partial charge is 0.399 e. The predicted molar refractivity (Wildman–Crippen MR) is 118 cm³/mol. The zero-order valence-electron chi connectivity index (χ0n) is 18.6. The summed E-state index contributed by atoms with van der Waals surface area (Å²) in [5.74, 6) is -0.0690. The van der Waals surface area contributed by atoms with Crippen molar-refractivity contribution in [2.24, 2.45) is 0 Å². The molecule has 0 unspecified atom stereocenters. The van der Waals surface area contributed by atoms with Crippen LogP contribution in [0.3, 0.4) is 0 Å². The van der Waals surface area contributed by atoms with E-state index >= 15 is 0 Å². The molecule has 0 bridgehead atoms. The monoisotopic (exact) mass is 393 g/mol. The lowest BCUT2D eigenvalue weighted by Gasteiger charge is -2.32. The van der Waals surface area contributed by atoms with Crippen LogP contribution in [0.25, 0.3) is 0 Å². The van der Waals surface area contributed by atoms with Crippen molar-refractivity contribution in [3.8, 4) is 0 Å². The SMILES string of the molecule is CC(C)(C)c1ccc(C(=O)NCc2ccc(B3OC(C)(C)C(C)(C)O3)cc2)cc1. The quantitative estimate of drug-likeness (QED) is 0.792. The molecule has 1 fully saturated rings. The fourth-order valence-electron chi connectivity index (χ4n) is 3.18. The van der Waals surface area contributed by atoms with Crippen molar-refractivity contribution in [3.05, 3.63) is 65.2 Å². The van der Waals surface area contributed by atoms with Gasteiger partial charge < -0.3 is 14.6 Å². The van der Waals surface area contributed by atoms with Crippen LogP contribution in [-0.4, -0.2) is 24.2 Å². The highest BCUT2D eigenvalue weighted by atomic mass is 16.7. The standard InChI is InChI=1S/C24H32BNO3/c1-22(2,3)19-12-10-18(11-13-19)21(27)26-16-17-8-14-20(15-9-17)25-28-23(4,5)24(6,7)29-25/h8-15H,16H2,1-7H3,(H,26,27). The molecule has 0 saturated carbocycles. The lowest BCUT2D eigenvalue weighted by Crippen LogP contribution is -2.41. The maximum atomic E-state index is 12.4. The minimum absolute atomic E-state index is 0.0690. The van der Waals surface area contributed by atoms with Gasteiger partial charge in [-0.25, -0.2) is 0 Å². The Balaban J connectivity index is 1.59. The number of carbonyl (C=O) groups excluding carboxylic acids is 1. The average molecular weight is 393 g/mol. The van der Waals surface area contributed by atoms with Gasteiger partial charge in [0, 0.05) is 12.1 Å². The number of benzene rings is 2. The van der Waals surface area contributed by atoms with Crippen molar-refractivity contribution in [2.75, 3.05) is 0 Å². The highest BCUT2D eigenvalue weighted by molar-refractivity contribution is 6.62. The third-order valence-corrected chi connectivity index (χ3v) is 5.97. The van der Waals surface area contributed by atoms with E-state index < -0.39 is 0 Å². The van der Waals surface area contributed by atoms with Crippen molar-refractivity contribution in [1.82, 2.24) is 5.32 Å². The van der Waals surface area contributed by atoms with Crippen molar-refractivity contribution >= 4 is 18.5 Å². The molecule has 3 rings (SSSR count). The first kappa shape index (κ1) is 21.6. The number of nitrogens with one attached hydrogen (secondary N) is 1. The molecule has 4 nitrogen and oxygen atoms in total. The minimum Gasteiger partial charge on any atom is -0.399 e. The Labute approximate surface area is 175 Å². The zero-order valence-corrected chi connectivity index (χ0v) is 18.6. The highest BCUT2D eigenvalue weighted by Gasteiger charge is 2.51. The molecule has 5 heteroatoms. The summed E-state index contributed by atoms with van der Waals surface area (Å²) in [6.07, 6.45) is 0. The Morgan fingerprint density at radius 1 is 0.897 bits per heavy atom. The van der Waals surface area contributed by atoms with Crippen molar-refractivity contribution < 1.29 is 14.1 Å². The molecule has 2 aromatic carbocycles. The van der Waals surface area contributed by atoms with Gasteiger partial charge in [-0.1, -0.05) is 57.2 Å². The van der Waals surface area contributed by atoms with E-state index in [-0.39, 0.29) is 29.6 Å². The van der Waals surface area contributed by atoms with Crippen LogP contribution >= 0.6 is 0 Å². The van der Waals surface area contributed by atoms with Crippen molar-refractivity contribution in [2.45, 2.75) is 71.6 Å². The number of hydrogen-bond donors (Lipinski definition) is 1. The summed E-state index contributed by atoms with van der Waals surface area (Å²) < 4.78 is 12.2. The van der Waals surface area contributed by atoms with Crippen LogP contribution in [0.1, 0.15) is 70.0 Å². The van der Waals surface area contributed by atoms with Crippen LogP contribution in [0.5, 0.6) is 0 Å². The first-order valence-electron chi connectivity index (χ1n) is 10.2. The van der Waals surface area contributed by atoms with Gasteiger partial charge >= 0.3 is 7.12 Å². The zero-order chi connectivity index (χ0) is 21.4. The molecule has 1 saturated heterocycles. The third-order valence-electron chi connectivity index (χ3n) is 5.97. The normalized spacial score (nSPS) is 18.0. The Bertz CT molecular complexity index is 848. The van der Waals surface area contributed by atoms with E-state index in [1.54, 1.807) is 0 Å². The summed E-state index contributed by atoms with van der Waals surface area (Å²) in [6, 6.07) is 15.8. The van der Waals surface area contributed by atoms with E-state index in [1.165, 1.54) is 5.56 Å². The van der Waals surface area contributed by atoms with Crippen LogP contribution in [0.4, 0.5) is 0 Å². The molecule has 0 spiro atoms. The van der Waals surface area contributed by atoms with E-state index in [0.717, 1.165) is 11.0 Å². The molecule has 0 aromatic heterocycles. The molecular weight excluding hydrogens is 361 g/mol. The summed E-state index contributed by atoms with van der Waals surface area (Å²) in [4.78, 5) is 12.4. The highest BCUT2D eigenvalue weighted by Crippen LogP contribution is 2.36. The van der Waals surface area contributed by atoms with Crippen molar-refractivity contribution in [3.63, 3.8) is 0 Å². The average Bonchev–Trinajstić information content (AvgIpc) is 2.87. The van der Waals surface area contributed by atoms with Crippen LogP contribution in [-0.2, 0) is 21.3 Å². The molecule has 2 aromatic rings. The van der Waals surface area contributed by atoms with Gasteiger partial charge in [-0.2, -0.15) is 0 Å². The summed E-state index contributed by atoms with van der Waals surface area (Å²) in [7, 11) is -0.370. The van der Waals surface area contributed by atoms with Gasteiger partial charge in [-0.05, 0) is 61.8 Å². The van der Waals surface area contributed by atoms with E-state index in [2.05, 4.69) is 26.1 Å². The molecule has 29 heavy (non-hydrogen) atoms. The van der Waals surface area contributed by atoms with Crippen LogP contribution < -0.4 is 10.8 Å². The van der Waals surface area contributed by atoms with E-state index in [9.17, 15) is 4.79 Å². The first-order valence-corrected chi connectivity index (χ1v) is 10.2. The Morgan fingerprint density at radius 2 is 1.41 bits per heavy atom. The number of carbonyl (C=O) groups is 1. The maximum Gasteiger partial charge on any atom is 0.494 e. The molecule has 0 atom stereocenters. The molecule has 0 radical (unpaired) electrons. The fraction of sp³-hybridized carbons (Fsp3) is 0.458. The molecular formula is C24H32BNO3. The van der Waals surface area contributed by atoms with E-state index in [4.69, 9.17) is 9.31 Å². The second-order valence-corrected chi connectivity index (χ2v) is 9.84. The number of rotatable bonds is 4.